The second-order valence-electron chi connectivity index (χ2n) is 15.0. The van der Waals surface area contributed by atoms with Crippen molar-refractivity contribution in [3.63, 3.8) is 0 Å². The molecule has 1 aliphatic heterocycles. The lowest BCUT2D eigenvalue weighted by Crippen LogP contribution is -2.50. The highest BCUT2D eigenvalue weighted by atomic mass is 32.2. The molecule has 2 aromatic carbocycles. The molecule has 1 fully saturated rings. The predicted octanol–water partition coefficient (Wildman–Crippen LogP) is 6.75. The molecule has 0 radical (unpaired) electrons. The number of aromatic nitrogens is 2. The fourth-order valence-electron chi connectivity index (χ4n) is 5.85. The molecule has 1 saturated heterocycles. The molecule has 3 aromatic rings. The van der Waals surface area contributed by atoms with E-state index < -0.39 is 23.8 Å². The topological polar surface area (TPSA) is 102 Å². The number of ether oxygens (including phenoxy) is 1. The van der Waals surface area contributed by atoms with Gasteiger partial charge in [0.15, 0.2) is 0 Å². The quantitative estimate of drug-likeness (QED) is 0.221. The second-order valence-corrected chi connectivity index (χ2v) is 21.7. The molecule has 45 heavy (non-hydrogen) atoms. The lowest BCUT2D eigenvalue weighted by molar-refractivity contribution is 0.0240. The minimum Gasteiger partial charge on any atom is -0.543 e. The Labute approximate surface area is 269 Å². The van der Waals surface area contributed by atoms with Gasteiger partial charge in [0.1, 0.15) is 17.2 Å². The Morgan fingerprint density at radius 2 is 1.64 bits per heavy atom. The number of carbonyl (C=O) groups is 1. The molecule has 0 saturated carbocycles. The van der Waals surface area contributed by atoms with E-state index in [9.17, 15) is 13.2 Å². The van der Waals surface area contributed by atoms with Gasteiger partial charge in [0.2, 0.25) is 23.3 Å². The van der Waals surface area contributed by atoms with Gasteiger partial charge in [-0.3, -0.25) is 0 Å². The maximum Gasteiger partial charge on any atom is 0.410 e. The number of rotatable bonds is 5. The molecule has 2 heterocycles. The molecular weight excluding hydrogens is 605 g/mol. The van der Waals surface area contributed by atoms with E-state index in [4.69, 9.17) is 9.16 Å². The summed E-state index contributed by atoms with van der Waals surface area (Å²) < 4.78 is 37.9. The molecule has 1 atom stereocenters. The van der Waals surface area contributed by atoms with Crippen molar-refractivity contribution >= 4 is 40.8 Å². The number of benzene rings is 2. The fourth-order valence-corrected chi connectivity index (χ4v) is 7.39. The maximum atomic E-state index is 12.8. The minimum absolute atomic E-state index is 0.0658. The number of carbonyl (C=O) groups excluding carboxylic acids is 1. The van der Waals surface area contributed by atoms with Gasteiger partial charge in [0.05, 0.1) is 5.69 Å². The van der Waals surface area contributed by atoms with Crippen molar-refractivity contribution in [3.8, 4) is 5.75 Å². The van der Waals surface area contributed by atoms with Crippen LogP contribution in [-0.2, 0) is 27.4 Å². The van der Waals surface area contributed by atoms with Crippen LogP contribution in [0, 0.1) is 0 Å². The Balaban J connectivity index is 1.48. The first-order valence-corrected chi connectivity index (χ1v) is 20.7. The largest absolute Gasteiger partial charge is 0.543 e. The molecule has 2 aliphatic rings. The van der Waals surface area contributed by atoms with Gasteiger partial charge in [0.25, 0.3) is 0 Å². The van der Waals surface area contributed by atoms with Crippen LogP contribution >= 0.6 is 0 Å². The van der Waals surface area contributed by atoms with Gasteiger partial charge in [-0.15, -0.1) is 0 Å². The van der Waals surface area contributed by atoms with Gasteiger partial charge in [-0.05, 0) is 92.6 Å². The highest BCUT2D eigenvalue weighted by molar-refractivity contribution is 7.90. The monoisotopic (exact) mass is 652 g/mol. The average molecular weight is 653 g/mol. The summed E-state index contributed by atoms with van der Waals surface area (Å²) in [7, 11) is -5.72. The summed E-state index contributed by atoms with van der Waals surface area (Å²) in [6.07, 6.45) is 3.05. The lowest BCUT2D eigenvalue weighted by Gasteiger charge is -2.38. The Bertz CT molecular complexity index is 1700. The first-order valence-electron chi connectivity index (χ1n) is 15.9. The van der Waals surface area contributed by atoms with Gasteiger partial charge in [-0.2, -0.15) is 0 Å². The van der Waals surface area contributed by atoms with Crippen molar-refractivity contribution in [2.45, 2.75) is 95.6 Å². The third kappa shape index (κ3) is 7.30. The van der Waals surface area contributed by atoms with E-state index in [0.717, 1.165) is 41.5 Å². The molecule has 1 unspecified atom stereocenters. The van der Waals surface area contributed by atoms with Crippen LogP contribution in [0.3, 0.4) is 0 Å². The van der Waals surface area contributed by atoms with Crippen LogP contribution in [0.2, 0.25) is 18.1 Å². The third-order valence-electron chi connectivity index (χ3n) is 9.28. The summed E-state index contributed by atoms with van der Waals surface area (Å²) in [5.41, 5.74) is 2.43. The summed E-state index contributed by atoms with van der Waals surface area (Å²) in [5, 5.41) is 2.24. The molecule has 11 heteroatoms. The van der Waals surface area contributed by atoms with Crippen LogP contribution in [0.25, 0.3) is 10.8 Å². The molecule has 5 rings (SSSR count). The highest BCUT2D eigenvalue weighted by Crippen LogP contribution is 2.42. The van der Waals surface area contributed by atoms with Crippen LogP contribution in [0.15, 0.2) is 41.6 Å². The minimum atomic E-state index is -3.65. The molecular formula is C34H48N4O5SSi. The second kappa shape index (κ2) is 11.9. The standard InChI is InChI=1S/C34H48N4O5SSi/c1-33(2,3)42-32(39)38-18-16-37(17-19-38)30-27-15-14-24(21-29(27)35-31(36-30)44(7,40)41)28-22-25(43-45(8,9)34(4,5)6)20-23-12-10-11-13-26(23)28/h10-13,20,22,24H,14-19,21H2,1-9H3. The van der Waals surface area contributed by atoms with Crippen molar-refractivity contribution < 1.29 is 22.4 Å². The number of sulfone groups is 1. The number of hydrogen-bond acceptors (Lipinski definition) is 8. The smallest absolute Gasteiger partial charge is 0.410 e. The van der Waals surface area contributed by atoms with Crippen molar-refractivity contribution in [1.29, 1.82) is 0 Å². The third-order valence-corrected chi connectivity index (χ3v) is 14.5. The number of nitrogens with zero attached hydrogens (tertiary/aromatic N) is 4. The van der Waals surface area contributed by atoms with Crippen LogP contribution in [0.4, 0.5) is 10.6 Å². The van der Waals surface area contributed by atoms with Crippen molar-refractivity contribution in [2.75, 3.05) is 37.3 Å². The summed E-state index contributed by atoms with van der Waals surface area (Å²) in [5.74, 6) is 1.70. The first-order chi connectivity index (χ1) is 20.8. The zero-order valence-electron chi connectivity index (χ0n) is 28.2. The number of hydrogen-bond donors (Lipinski definition) is 0. The highest BCUT2D eigenvalue weighted by Gasteiger charge is 2.39. The van der Waals surface area contributed by atoms with Crippen LogP contribution in [0.1, 0.15) is 70.7 Å². The number of amides is 1. The van der Waals surface area contributed by atoms with Gasteiger partial charge >= 0.3 is 6.09 Å². The van der Waals surface area contributed by atoms with Gasteiger partial charge in [0, 0.05) is 38.0 Å². The van der Waals surface area contributed by atoms with E-state index in [2.05, 4.69) is 85.1 Å². The molecule has 1 aromatic heterocycles. The van der Waals surface area contributed by atoms with Crippen LogP contribution in [0.5, 0.6) is 5.75 Å². The SMILES string of the molecule is CC(C)(C)OC(=O)N1CCN(c2nc(S(C)(=O)=O)nc3c2CCC(c2cc(O[Si](C)(C)C(C)(C)C)cc4ccccc24)C3)CC1. The molecule has 0 bridgehead atoms. The molecule has 0 N–H and O–H groups in total. The zero-order chi connectivity index (χ0) is 32.9. The van der Waals surface area contributed by atoms with Crippen molar-refractivity contribution in [2.24, 2.45) is 0 Å². The van der Waals surface area contributed by atoms with Gasteiger partial charge < -0.3 is 19.0 Å². The Hall–Kier alpha value is -3.18. The van der Waals surface area contributed by atoms with E-state index in [0.29, 0.717) is 38.4 Å². The Morgan fingerprint density at radius 1 is 0.978 bits per heavy atom. The molecule has 1 amide bonds. The molecule has 244 valence electrons. The van der Waals surface area contributed by atoms with E-state index in [1.54, 1.807) is 4.90 Å². The summed E-state index contributed by atoms with van der Waals surface area (Å²) in [6.45, 7) is 18.8. The molecule has 9 nitrogen and oxygen atoms in total. The number of piperazine rings is 1. The van der Waals surface area contributed by atoms with E-state index in [1.165, 1.54) is 10.9 Å². The number of anilines is 1. The van der Waals surface area contributed by atoms with Gasteiger partial charge in [-0.25, -0.2) is 23.2 Å². The van der Waals surface area contributed by atoms with Crippen LogP contribution in [-0.4, -0.2) is 75.7 Å². The van der Waals surface area contributed by atoms with E-state index in [1.807, 2.05) is 20.8 Å². The van der Waals surface area contributed by atoms with Crippen molar-refractivity contribution in [1.82, 2.24) is 14.9 Å². The van der Waals surface area contributed by atoms with Gasteiger partial charge in [-0.1, -0.05) is 45.0 Å². The van der Waals surface area contributed by atoms with Crippen LogP contribution < -0.4 is 9.33 Å². The Kier molecular flexibility index (Phi) is 8.76. The summed E-state index contributed by atoms with van der Waals surface area (Å²) in [6, 6.07) is 12.8. The average Bonchev–Trinajstić information content (AvgIpc) is 2.93. The Morgan fingerprint density at radius 3 is 2.27 bits per heavy atom. The van der Waals surface area contributed by atoms with E-state index >= 15 is 0 Å². The van der Waals surface area contributed by atoms with E-state index in [-0.39, 0.29) is 22.2 Å². The lowest BCUT2D eigenvalue weighted by atomic mass is 9.80. The number of fused-ring (bicyclic) bond motifs is 2. The van der Waals surface area contributed by atoms with Crippen molar-refractivity contribution in [3.05, 3.63) is 53.2 Å². The summed E-state index contributed by atoms with van der Waals surface area (Å²) in [4.78, 5) is 25.7. The fraction of sp³-hybridized carbons (Fsp3) is 0.559. The summed E-state index contributed by atoms with van der Waals surface area (Å²) >= 11 is 0. The zero-order valence-corrected chi connectivity index (χ0v) is 30.0. The first kappa shape index (κ1) is 33.2. The normalized spacial score (nSPS) is 18.1. The predicted molar refractivity (Wildman–Crippen MR) is 182 cm³/mol. The molecule has 0 spiro atoms. The maximum absolute atomic E-state index is 12.8. The molecule has 1 aliphatic carbocycles.